The van der Waals surface area contributed by atoms with Gasteiger partial charge in [-0.3, -0.25) is 9.59 Å². The van der Waals surface area contributed by atoms with Gasteiger partial charge in [-0.25, -0.2) is 9.59 Å². The summed E-state index contributed by atoms with van der Waals surface area (Å²) in [4.78, 5) is 44.6. The second kappa shape index (κ2) is 10.6. The van der Waals surface area contributed by atoms with Crippen LogP contribution in [0.4, 0.5) is 0 Å². The number of fused-ring (bicyclic) bond motifs is 1. The van der Waals surface area contributed by atoms with E-state index in [1.807, 2.05) is 20.8 Å². The van der Waals surface area contributed by atoms with Crippen molar-refractivity contribution in [3.05, 3.63) is 0 Å². The molecule has 0 saturated heterocycles. The van der Waals surface area contributed by atoms with Gasteiger partial charge in [0.2, 0.25) is 5.91 Å². The number of carbonyl (C=O) groups is 4. The van der Waals surface area contributed by atoms with Crippen LogP contribution in [0.2, 0.25) is 0 Å². The van der Waals surface area contributed by atoms with E-state index in [1.54, 1.807) is 11.8 Å². The Morgan fingerprint density at radius 2 is 1.48 bits per heavy atom. The van der Waals surface area contributed by atoms with Gasteiger partial charge in [-0.2, -0.15) is 0 Å². The molecule has 9 nitrogen and oxygen atoms in total. The van der Waals surface area contributed by atoms with E-state index in [2.05, 4.69) is 0 Å². The van der Waals surface area contributed by atoms with E-state index in [0.29, 0.717) is 11.8 Å². The minimum Gasteiger partial charge on any atom is -0.473 e. The van der Waals surface area contributed by atoms with Gasteiger partial charge in [0.1, 0.15) is 12.1 Å². The van der Waals surface area contributed by atoms with Crippen LogP contribution in [0.3, 0.4) is 0 Å². The number of hydrogen-bond donors (Lipinski definition) is 3. The number of carbonyl (C=O) groups excluding carboxylic acids is 2. The van der Waals surface area contributed by atoms with Crippen molar-refractivity contribution < 1.29 is 34.1 Å². The average molecular weight is 414 g/mol. The maximum absolute atomic E-state index is 12.5. The molecule has 4 N–H and O–H groups in total. The number of aliphatic carboxylic acids is 2. The third-order valence-electron chi connectivity index (χ3n) is 5.23. The smallest absolute Gasteiger partial charge is 0.414 e. The number of nitrogens with two attached hydrogens (primary N) is 1. The quantitative estimate of drug-likeness (QED) is 0.464. The number of ether oxygens (including phenoxy) is 1. The van der Waals surface area contributed by atoms with Gasteiger partial charge < -0.3 is 25.6 Å². The first-order valence-electron chi connectivity index (χ1n) is 10.1. The van der Waals surface area contributed by atoms with Gasteiger partial charge >= 0.3 is 17.9 Å². The molecule has 0 bridgehead atoms. The molecule has 2 aliphatic rings. The number of nitrogens with zero attached hydrogens (tertiary/aromatic N) is 1. The number of carboxylic acid groups (broad SMARTS) is 2. The standard InChI is InChI=1S/C18H32N2O3.C2H2O4/c1-12(19)17(22)20(11-16(21)23-18(2,3)4)15-9-13-7-5-6-8-14(13)10-15;3-1(4)2(5)6/h12-15H,5-11,19H2,1-4H3;(H,3,4)(H,5,6)/t12-,13+,14+;/m0./s1. The SMILES string of the molecule is C[C@H](N)C(=O)N(CC(=O)OC(C)(C)C)C1C[C@H]2CCCC[C@@H]2C1.O=C(O)C(=O)O. The van der Waals surface area contributed by atoms with Crippen LogP contribution in [-0.2, 0) is 23.9 Å². The molecule has 0 spiro atoms. The van der Waals surface area contributed by atoms with Crippen LogP contribution in [0.25, 0.3) is 0 Å². The first kappa shape index (κ1) is 24.9. The highest BCUT2D eigenvalue weighted by Gasteiger charge is 2.40. The molecular formula is C20H34N2O7. The molecule has 0 aromatic carbocycles. The summed E-state index contributed by atoms with van der Waals surface area (Å²) in [6.07, 6.45) is 7.11. The summed E-state index contributed by atoms with van der Waals surface area (Å²) < 4.78 is 5.40. The molecule has 0 radical (unpaired) electrons. The lowest BCUT2D eigenvalue weighted by atomic mass is 9.82. The Bertz CT molecular complexity index is 586. The van der Waals surface area contributed by atoms with Crippen LogP contribution < -0.4 is 5.73 Å². The van der Waals surface area contributed by atoms with E-state index in [9.17, 15) is 9.59 Å². The molecule has 3 atom stereocenters. The molecule has 29 heavy (non-hydrogen) atoms. The fourth-order valence-electron chi connectivity index (χ4n) is 4.12. The van der Waals surface area contributed by atoms with Crippen molar-refractivity contribution in [2.75, 3.05) is 6.54 Å². The zero-order valence-electron chi connectivity index (χ0n) is 17.7. The molecular weight excluding hydrogens is 380 g/mol. The van der Waals surface area contributed by atoms with E-state index >= 15 is 0 Å². The number of hydrogen-bond acceptors (Lipinski definition) is 6. The zero-order chi connectivity index (χ0) is 22.4. The summed E-state index contributed by atoms with van der Waals surface area (Å²) in [6.45, 7) is 7.22. The molecule has 166 valence electrons. The fourth-order valence-corrected chi connectivity index (χ4v) is 4.12. The van der Waals surface area contributed by atoms with E-state index in [1.165, 1.54) is 25.7 Å². The zero-order valence-corrected chi connectivity index (χ0v) is 17.7. The molecule has 2 fully saturated rings. The van der Waals surface area contributed by atoms with Crippen molar-refractivity contribution in [2.24, 2.45) is 17.6 Å². The lowest BCUT2D eigenvalue weighted by molar-refractivity contribution is -0.160. The Labute approximate surface area is 171 Å². The van der Waals surface area contributed by atoms with Crippen molar-refractivity contribution in [2.45, 2.75) is 83.9 Å². The molecule has 0 heterocycles. The number of amides is 1. The predicted octanol–water partition coefficient (Wildman–Crippen LogP) is 1.63. The van der Waals surface area contributed by atoms with E-state index in [4.69, 9.17) is 30.3 Å². The van der Waals surface area contributed by atoms with Crippen LogP contribution in [0.15, 0.2) is 0 Å². The maximum atomic E-state index is 12.5. The first-order chi connectivity index (χ1) is 13.3. The molecule has 0 unspecified atom stereocenters. The summed E-state index contributed by atoms with van der Waals surface area (Å²) in [6, 6.07) is -0.450. The van der Waals surface area contributed by atoms with Crippen molar-refractivity contribution in [3.63, 3.8) is 0 Å². The fraction of sp³-hybridized carbons (Fsp3) is 0.800. The second-order valence-electron chi connectivity index (χ2n) is 8.88. The van der Waals surface area contributed by atoms with E-state index in [0.717, 1.165) is 12.8 Å². The highest BCUT2D eigenvalue weighted by atomic mass is 16.6. The molecule has 9 heteroatoms. The van der Waals surface area contributed by atoms with Crippen molar-refractivity contribution >= 4 is 23.8 Å². The largest absolute Gasteiger partial charge is 0.473 e. The number of rotatable bonds is 4. The Morgan fingerprint density at radius 1 is 1.03 bits per heavy atom. The summed E-state index contributed by atoms with van der Waals surface area (Å²) in [5.41, 5.74) is 5.27. The van der Waals surface area contributed by atoms with Crippen LogP contribution in [0.5, 0.6) is 0 Å². The lowest BCUT2D eigenvalue weighted by Crippen LogP contribution is -2.50. The Kier molecular flexibility index (Phi) is 9.07. The molecule has 0 aliphatic heterocycles. The van der Waals surface area contributed by atoms with Crippen molar-refractivity contribution in [1.29, 1.82) is 0 Å². The third-order valence-corrected chi connectivity index (χ3v) is 5.23. The number of carboxylic acids is 2. The van der Waals surface area contributed by atoms with E-state index in [-0.39, 0.29) is 24.5 Å². The average Bonchev–Trinajstić information content (AvgIpc) is 3.01. The highest BCUT2D eigenvalue weighted by molar-refractivity contribution is 6.27. The Balaban J connectivity index is 0.000000612. The van der Waals surface area contributed by atoms with Gasteiger partial charge in [0.15, 0.2) is 0 Å². The molecule has 1 amide bonds. The number of esters is 1. The summed E-state index contributed by atoms with van der Waals surface area (Å²) >= 11 is 0. The van der Waals surface area contributed by atoms with Crippen molar-refractivity contribution in [1.82, 2.24) is 4.90 Å². The molecule has 0 aromatic heterocycles. The third kappa shape index (κ3) is 8.39. The summed E-state index contributed by atoms with van der Waals surface area (Å²) in [5, 5.41) is 14.8. The van der Waals surface area contributed by atoms with Crippen molar-refractivity contribution in [3.8, 4) is 0 Å². The lowest BCUT2D eigenvalue weighted by Gasteiger charge is -2.31. The van der Waals surface area contributed by atoms with E-state index < -0.39 is 23.6 Å². The topological polar surface area (TPSA) is 147 Å². The summed E-state index contributed by atoms with van der Waals surface area (Å²) in [7, 11) is 0. The second-order valence-corrected chi connectivity index (χ2v) is 8.88. The van der Waals surface area contributed by atoms with Gasteiger partial charge in [-0.1, -0.05) is 25.7 Å². The Morgan fingerprint density at radius 3 is 1.83 bits per heavy atom. The van der Waals surface area contributed by atoms with Gasteiger partial charge in [-0.15, -0.1) is 0 Å². The molecule has 2 saturated carbocycles. The highest BCUT2D eigenvalue weighted by Crippen LogP contribution is 2.44. The van der Waals surface area contributed by atoms with Gasteiger partial charge in [0, 0.05) is 6.04 Å². The van der Waals surface area contributed by atoms with Crippen LogP contribution in [0, 0.1) is 11.8 Å². The maximum Gasteiger partial charge on any atom is 0.414 e. The van der Waals surface area contributed by atoms with Gasteiger partial charge in [-0.05, 0) is 52.4 Å². The first-order valence-corrected chi connectivity index (χ1v) is 10.1. The van der Waals surface area contributed by atoms with Crippen LogP contribution in [-0.4, -0.2) is 63.2 Å². The van der Waals surface area contributed by atoms with Gasteiger partial charge in [0.25, 0.3) is 0 Å². The minimum atomic E-state index is -1.82. The molecule has 2 rings (SSSR count). The monoisotopic (exact) mass is 414 g/mol. The Hall–Kier alpha value is -2.16. The molecule has 0 aromatic rings. The van der Waals surface area contributed by atoms with Crippen LogP contribution in [0.1, 0.15) is 66.2 Å². The predicted molar refractivity (Wildman–Crippen MR) is 105 cm³/mol. The normalized spacial score (nSPS) is 22.5. The minimum absolute atomic E-state index is 0.0156. The molecule has 2 aliphatic carbocycles. The van der Waals surface area contributed by atoms with Crippen LogP contribution >= 0.6 is 0 Å². The summed E-state index contributed by atoms with van der Waals surface area (Å²) in [5.74, 6) is -2.72. The van der Waals surface area contributed by atoms with Gasteiger partial charge in [0.05, 0.1) is 6.04 Å².